The SMILES string of the molecule is CCC(C)C1NC(=O)CCN(C(C)C2CC2)C1=O. The van der Waals surface area contributed by atoms with Crippen LogP contribution < -0.4 is 5.32 Å². The van der Waals surface area contributed by atoms with Crippen molar-refractivity contribution in [1.29, 1.82) is 0 Å². The molecule has 1 aliphatic carbocycles. The molecule has 102 valence electrons. The van der Waals surface area contributed by atoms with Crippen LogP contribution in [0.4, 0.5) is 0 Å². The summed E-state index contributed by atoms with van der Waals surface area (Å²) in [5, 5.41) is 2.89. The molecule has 3 unspecified atom stereocenters. The van der Waals surface area contributed by atoms with Gasteiger partial charge in [0.05, 0.1) is 0 Å². The van der Waals surface area contributed by atoms with Gasteiger partial charge < -0.3 is 10.2 Å². The molecule has 4 heteroatoms. The summed E-state index contributed by atoms with van der Waals surface area (Å²) in [7, 11) is 0. The molecule has 2 amide bonds. The first kappa shape index (κ1) is 13.4. The van der Waals surface area contributed by atoms with Gasteiger partial charge in [-0.25, -0.2) is 0 Å². The first-order valence-corrected chi connectivity index (χ1v) is 7.14. The topological polar surface area (TPSA) is 49.4 Å². The minimum Gasteiger partial charge on any atom is -0.344 e. The molecule has 0 aromatic rings. The largest absolute Gasteiger partial charge is 0.344 e. The molecule has 1 saturated heterocycles. The molecule has 0 spiro atoms. The van der Waals surface area contributed by atoms with Crippen molar-refractivity contribution in [3.63, 3.8) is 0 Å². The monoisotopic (exact) mass is 252 g/mol. The predicted molar refractivity (Wildman–Crippen MR) is 69.9 cm³/mol. The van der Waals surface area contributed by atoms with Crippen molar-refractivity contribution in [2.45, 2.75) is 58.5 Å². The van der Waals surface area contributed by atoms with Crippen molar-refractivity contribution in [3.8, 4) is 0 Å². The number of carbonyl (C=O) groups excluding carboxylic acids is 2. The second kappa shape index (κ2) is 5.29. The number of rotatable bonds is 4. The van der Waals surface area contributed by atoms with Gasteiger partial charge in [0.2, 0.25) is 11.8 Å². The van der Waals surface area contributed by atoms with E-state index in [9.17, 15) is 9.59 Å². The van der Waals surface area contributed by atoms with Crippen molar-refractivity contribution < 1.29 is 9.59 Å². The maximum Gasteiger partial charge on any atom is 0.245 e. The van der Waals surface area contributed by atoms with Crippen LogP contribution in [0.5, 0.6) is 0 Å². The lowest BCUT2D eigenvalue weighted by atomic mass is 9.97. The third kappa shape index (κ3) is 2.68. The van der Waals surface area contributed by atoms with Crippen molar-refractivity contribution in [1.82, 2.24) is 10.2 Å². The third-order valence-corrected chi connectivity index (χ3v) is 4.45. The Labute approximate surface area is 109 Å². The normalized spacial score (nSPS) is 28.6. The van der Waals surface area contributed by atoms with Gasteiger partial charge in [-0.2, -0.15) is 0 Å². The van der Waals surface area contributed by atoms with Gasteiger partial charge in [0, 0.05) is 19.0 Å². The summed E-state index contributed by atoms with van der Waals surface area (Å²) in [6.45, 7) is 6.80. The van der Waals surface area contributed by atoms with E-state index in [1.54, 1.807) is 0 Å². The second-order valence-electron chi connectivity index (χ2n) is 5.79. The molecular formula is C14H24N2O2. The lowest BCUT2D eigenvalue weighted by Crippen LogP contribution is -2.51. The highest BCUT2D eigenvalue weighted by molar-refractivity contribution is 5.90. The van der Waals surface area contributed by atoms with Gasteiger partial charge in [-0.05, 0) is 31.6 Å². The van der Waals surface area contributed by atoms with Crippen LogP contribution in [-0.4, -0.2) is 35.3 Å². The van der Waals surface area contributed by atoms with E-state index < -0.39 is 0 Å². The van der Waals surface area contributed by atoms with Gasteiger partial charge in [0.1, 0.15) is 6.04 Å². The predicted octanol–water partition coefficient (Wildman–Crippen LogP) is 1.55. The Morgan fingerprint density at radius 3 is 2.56 bits per heavy atom. The van der Waals surface area contributed by atoms with Gasteiger partial charge in [-0.15, -0.1) is 0 Å². The molecule has 0 bridgehead atoms. The Morgan fingerprint density at radius 2 is 2.00 bits per heavy atom. The number of hydrogen-bond acceptors (Lipinski definition) is 2. The summed E-state index contributed by atoms with van der Waals surface area (Å²) in [5.41, 5.74) is 0. The molecule has 1 heterocycles. The van der Waals surface area contributed by atoms with Gasteiger partial charge in [0.25, 0.3) is 0 Å². The minimum atomic E-state index is -0.328. The van der Waals surface area contributed by atoms with E-state index in [1.807, 2.05) is 11.8 Å². The molecule has 3 atom stereocenters. The van der Waals surface area contributed by atoms with Crippen LogP contribution in [0.25, 0.3) is 0 Å². The van der Waals surface area contributed by atoms with Crippen molar-refractivity contribution in [2.24, 2.45) is 11.8 Å². The fraction of sp³-hybridized carbons (Fsp3) is 0.857. The molecule has 1 aliphatic heterocycles. The van der Waals surface area contributed by atoms with Crippen LogP contribution >= 0.6 is 0 Å². The average Bonchev–Trinajstić information content (AvgIpc) is 3.18. The summed E-state index contributed by atoms with van der Waals surface area (Å²) >= 11 is 0. The zero-order chi connectivity index (χ0) is 13.3. The highest BCUT2D eigenvalue weighted by Gasteiger charge is 2.39. The Hall–Kier alpha value is -1.06. The van der Waals surface area contributed by atoms with Crippen LogP contribution in [0.2, 0.25) is 0 Å². The summed E-state index contributed by atoms with van der Waals surface area (Å²) in [4.78, 5) is 26.2. The van der Waals surface area contributed by atoms with Crippen LogP contribution in [0, 0.1) is 11.8 Å². The molecule has 0 aromatic heterocycles. The molecule has 4 nitrogen and oxygen atoms in total. The molecule has 2 rings (SSSR count). The molecule has 2 fully saturated rings. The third-order valence-electron chi connectivity index (χ3n) is 4.45. The van der Waals surface area contributed by atoms with Crippen LogP contribution in [0.1, 0.15) is 46.5 Å². The Balaban J connectivity index is 2.14. The Bertz CT molecular complexity index is 339. The highest BCUT2D eigenvalue weighted by Crippen LogP contribution is 2.36. The van der Waals surface area contributed by atoms with E-state index in [2.05, 4.69) is 19.2 Å². The van der Waals surface area contributed by atoms with E-state index in [-0.39, 0.29) is 29.8 Å². The fourth-order valence-corrected chi connectivity index (χ4v) is 2.68. The van der Waals surface area contributed by atoms with Crippen molar-refractivity contribution in [3.05, 3.63) is 0 Å². The van der Waals surface area contributed by atoms with Crippen molar-refractivity contribution >= 4 is 11.8 Å². The molecule has 0 aromatic carbocycles. The smallest absolute Gasteiger partial charge is 0.245 e. The van der Waals surface area contributed by atoms with Crippen molar-refractivity contribution in [2.75, 3.05) is 6.54 Å². The Morgan fingerprint density at radius 1 is 1.33 bits per heavy atom. The molecule has 2 aliphatic rings. The molecule has 0 radical (unpaired) electrons. The number of hydrogen-bond donors (Lipinski definition) is 1. The van der Waals surface area contributed by atoms with Crippen LogP contribution in [0.3, 0.4) is 0 Å². The van der Waals surface area contributed by atoms with Gasteiger partial charge >= 0.3 is 0 Å². The molecular weight excluding hydrogens is 228 g/mol. The summed E-state index contributed by atoms with van der Waals surface area (Å²) in [6, 6.07) is -0.0389. The van der Waals surface area contributed by atoms with E-state index >= 15 is 0 Å². The summed E-state index contributed by atoms with van der Waals surface area (Å²) < 4.78 is 0. The zero-order valence-corrected chi connectivity index (χ0v) is 11.6. The minimum absolute atomic E-state index is 0.0131. The molecule has 18 heavy (non-hydrogen) atoms. The second-order valence-corrected chi connectivity index (χ2v) is 5.79. The standard InChI is InChI=1S/C14H24N2O2/c1-4-9(2)13-14(18)16(8-7-12(17)15-13)10(3)11-5-6-11/h9-11,13H,4-8H2,1-3H3,(H,15,17). The van der Waals surface area contributed by atoms with E-state index in [1.165, 1.54) is 12.8 Å². The van der Waals surface area contributed by atoms with Crippen LogP contribution in [0.15, 0.2) is 0 Å². The lowest BCUT2D eigenvalue weighted by molar-refractivity contribution is -0.137. The average molecular weight is 252 g/mol. The Kier molecular flexibility index (Phi) is 3.93. The lowest BCUT2D eigenvalue weighted by Gasteiger charge is -2.31. The fourth-order valence-electron chi connectivity index (χ4n) is 2.68. The van der Waals surface area contributed by atoms with E-state index in [4.69, 9.17) is 0 Å². The van der Waals surface area contributed by atoms with Gasteiger partial charge in [-0.3, -0.25) is 9.59 Å². The highest BCUT2D eigenvalue weighted by atomic mass is 16.2. The first-order chi connectivity index (χ1) is 8.54. The summed E-state index contributed by atoms with van der Waals surface area (Å²) in [6.07, 6.45) is 3.79. The quantitative estimate of drug-likeness (QED) is 0.825. The number of nitrogens with one attached hydrogen (secondary N) is 1. The van der Waals surface area contributed by atoms with Gasteiger partial charge in [-0.1, -0.05) is 20.3 Å². The van der Waals surface area contributed by atoms with E-state index in [0.717, 1.165) is 6.42 Å². The van der Waals surface area contributed by atoms with Crippen LogP contribution in [-0.2, 0) is 9.59 Å². The first-order valence-electron chi connectivity index (χ1n) is 7.14. The number of amides is 2. The van der Waals surface area contributed by atoms with E-state index in [0.29, 0.717) is 18.9 Å². The maximum atomic E-state index is 12.6. The van der Waals surface area contributed by atoms with Gasteiger partial charge in [0.15, 0.2) is 0 Å². The molecule has 1 N–H and O–H groups in total. The zero-order valence-electron chi connectivity index (χ0n) is 11.6. The molecule has 1 saturated carbocycles. The number of nitrogens with zero attached hydrogens (tertiary/aromatic N) is 1. The maximum absolute atomic E-state index is 12.6. The summed E-state index contributed by atoms with van der Waals surface area (Å²) in [5.74, 6) is 0.988. The number of carbonyl (C=O) groups is 2.